The van der Waals surface area contributed by atoms with E-state index in [0.29, 0.717) is 40.2 Å². The largest absolute Gasteiger partial charge is 0.343 e. The minimum atomic E-state index is -3.36. The van der Waals surface area contributed by atoms with E-state index >= 15 is 0 Å². The second kappa shape index (κ2) is 7.57. The summed E-state index contributed by atoms with van der Waals surface area (Å²) in [6.45, 7) is 3.70. The number of H-pyrrole nitrogens is 1. The van der Waals surface area contributed by atoms with Crippen molar-refractivity contribution in [1.29, 1.82) is 0 Å². The highest BCUT2D eigenvalue weighted by Gasteiger charge is 2.32. The fraction of sp³-hybridized carbons (Fsp3) is 0.160. The first-order valence-corrected chi connectivity index (χ1v) is 11.9. The van der Waals surface area contributed by atoms with Crippen molar-refractivity contribution in [2.24, 2.45) is 0 Å². The van der Waals surface area contributed by atoms with Gasteiger partial charge in [0, 0.05) is 17.3 Å². The first-order chi connectivity index (χ1) is 15.8. The molecule has 2 aromatic carbocycles. The van der Waals surface area contributed by atoms with E-state index in [1.54, 1.807) is 61.5 Å². The molecule has 8 heteroatoms. The molecule has 4 aromatic rings. The maximum atomic E-state index is 13.2. The Labute approximate surface area is 191 Å². The summed E-state index contributed by atoms with van der Waals surface area (Å²) >= 11 is 0. The molecule has 3 heterocycles. The number of amides is 1. The van der Waals surface area contributed by atoms with Crippen molar-refractivity contribution in [2.75, 3.05) is 4.90 Å². The summed E-state index contributed by atoms with van der Waals surface area (Å²) in [4.78, 5) is 27.3. The molecule has 0 radical (unpaired) electrons. The number of nitrogens with one attached hydrogen (secondary N) is 1. The fourth-order valence-electron chi connectivity index (χ4n) is 3.99. The number of hydrogen-bond acceptors (Lipinski definition) is 5. The summed E-state index contributed by atoms with van der Waals surface area (Å²) < 4.78 is 24.8. The molecule has 0 spiro atoms. The molecule has 5 rings (SSSR count). The zero-order valence-corrected chi connectivity index (χ0v) is 18.8. The average molecular weight is 457 g/mol. The minimum absolute atomic E-state index is 0.171. The maximum Gasteiger partial charge on any atom is 0.260 e. The van der Waals surface area contributed by atoms with Gasteiger partial charge in [-0.2, -0.15) is 0 Å². The van der Waals surface area contributed by atoms with Gasteiger partial charge in [-0.25, -0.2) is 18.4 Å². The number of hydrogen-bond donors (Lipinski definition) is 1. The Morgan fingerprint density at radius 3 is 2.61 bits per heavy atom. The number of rotatable bonds is 4. The lowest BCUT2D eigenvalue weighted by atomic mass is 10.0. The van der Waals surface area contributed by atoms with E-state index in [2.05, 4.69) is 15.9 Å². The Bertz CT molecular complexity index is 1560. The molecular weight excluding hydrogens is 436 g/mol. The lowest BCUT2D eigenvalue weighted by Gasteiger charge is -2.14. The average Bonchev–Trinajstić information content (AvgIpc) is 3.39. The van der Waals surface area contributed by atoms with Gasteiger partial charge in [0.15, 0.2) is 15.5 Å². The number of benzene rings is 2. The van der Waals surface area contributed by atoms with Crippen molar-refractivity contribution < 1.29 is 13.2 Å². The third-order valence-electron chi connectivity index (χ3n) is 5.84. The van der Waals surface area contributed by atoms with Crippen LogP contribution in [0, 0.1) is 12.3 Å². The number of aromatic amines is 1. The summed E-state index contributed by atoms with van der Waals surface area (Å²) in [5, 5.41) is -0.501. The number of fused-ring (bicyclic) bond motifs is 2. The van der Waals surface area contributed by atoms with Crippen LogP contribution in [0.25, 0.3) is 22.4 Å². The summed E-state index contributed by atoms with van der Waals surface area (Å²) in [5.74, 6) is 2.42. The first kappa shape index (κ1) is 20.9. The smallest absolute Gasteiger partial charge is 0.260 e. The van der Waals surface area contributed by atoms with Crippen LogP contribution in [-0.4, -0.2) is 34.5 Å². The topological polar surface area (TPSA) is 96.0 Å². The third kappa shape index (κ3) is 3.29. The van der Waals surface area contributed by atoms with Crippen molar-refractivity contribution in [3.63, 3.8) is 0 Å². The summed E-state index contributed by atoms with van der Waals surface area (Å²) in [5.41, 5.74) is 5.00. The van der Waals surface area contributed by atoms with E-state index in [-0.39, 0.29) is 10.8 Å². The van der Waals surface area contributed by atoms with Gasteiger partial charge in [0.1, 0.15) is 5.52 Å². The van der Waals surface area contributed by atoms with E-state index in [4.69, 9.17) is 11.4 Å². The Kier molecular flexibility index (Phi) is 4.80. The van der Waals surface area contributed by atoms with Gasteiger partial charge >= 0.3 is 0 Å². The number of carbonyl (C=O) groups is 1. The molecule has 1 amide bonds. The van der Waals surface area contributed by atoms with Gasteiger partial charge in [0.05, 0.1) is 39.8 Å². The van der Waals surface area contributed by atoms with Gasteiger partial charge in [-0.15, -0.1) is 6.42 Å². The Hall–Kier alpha value is -3.96. The van der Waals surface area contributed by atoms with Gasteiger partial charge in [-0.3, -0.25) is 4.79 Å². The van der Waals surface area contributed by atoms with Crippen molar-refractivity contribution >= 4 is 32.6 Å². The Balaban J connectivity index is 1.54. The van der Waals surface area contributed by atoms with Crippen molar-refractivity contribution in [2.45, 2.75) is 30.5 Å². The number of carbonyl (C=O) groups excluding carboxylic acids is 1. The molecule has 0 atom stereocenters. The van der Waals surface area contributed by atoms with Crippen LogP contribution in [0.5, 0.6) is 0 Å². The zero-order chi connectivity index (χ0) is 23.3. The second-order valence-corrected chi connectivity index (χ2v) is 10.6. The number of nitrogens with zero attached hydrogens (tertiary/aromatic N) is 3. The molecule has 0 fully saturated rings. The normalized spacial score (nSPS) is 13.5. The minimum Gasteiger partial charge on any atom is -0.343 e. The van der Waals surface area contributed by atoms with Gasteiger partial charge in [-0.05, 0) is 37.6 Å². The van der Waals surface area contributed by atoms with Crippen molar-refractivity contribution in [3.8, 4) is 23.6 Å². The molecule has 1 N–H and O–H groups in total. The van der Waals surface area contributed by atoms with Crippen LogP contribution < -0.4 is 4.90 Å². The summed E-state index contributed by atoms with van der Waals surface area (Å²) in [7, 11) is -3.36. The lowest BCUT2D eigenvalue weighted by Crippen LogP contribution is -2.23. The van der Waals surface area contributed by atoms with Crippen LogP contribution in [-0.2, 0) is 16.4 Å². The van der Waals surface area contributed by atoms with Gasteiger partial charge in [-0.1, -0.05) is 30.2 Å². The lowest BCUT2D eigenvalue weighted by molar-refractivity contribution is 0.0996. The molecule has 164 valence electrons. The fourth-order valence-corrected chi connectivity index (χ4v) is 5.05. The highest BCUT2D eigenvalue weighted by molar-refractivity contribution is 7.92. The predicted octanol–water partition coefficient (Wildman–Crippen LogP) is 3.95. The second-order valence-electron chi connectivity index (χ2n) is 8.12. The highest BCUT2D eigenvalue weighted by Crippen LogP contribution is 2.34. The van der Waals surface area contributed by atoms with E-state index in [1.807, 2.05) is 12.1 Å². The monoisotopic (exact) mass is 456 g/mol. The van der Waals surface area contributed by atoms with Crippen molar-refractivity contribution in [1.82, 2.24) is 15.0 Å². The van der Waals surface area contributed by atoms with Crippen LogP contribution >= 0.6 is 0 Å². The van der Waals surface area contributed by atoms with E-state index in [0.717, 1.165) is 11.1 Å². The third-order valence-corrected chi connectivity index (χ3v) is 8.01. The molecule has 33 heavy (non-hydrogen) atoms. The zero-order valence-electron chi connectivity index (χ0n) is 18.0. The van der Waals surface area contributed by atoms with Gasteiger partial charge in [0.25, 0.3) is 5.91 Å². The SMILES string of the molecule is C#Cc1cccc2c1C(=O)N(c1c[nH]c3ncc(-c4ccc(S(=O)(=O)C(C)C)cc4)nc13)C2. The number of aromatic nitrogens is 3. The molecule has 1 aliphatic heterocycles. The van der Waals surface area contributed by atoms with Crippen LogP contribution in [0.3, 0.4) is 0 Å². The number of terminal acetylenes is 1. The summed E-state index contributed by atoms with van der Waals surface area (Å²) in [6, 6.07) is 12.1. The summed E-state index contributed by atoms with van der Waals surface area (Å²) in [6.07, 6.45) is 8.92. The van der Waals surface area contributed by atoms with Crippen LogP contribution in [0.2, 0.25) is 0 Å². The standard InChI is InChI=1S/C25H20N4O3S/c1-4-16-6-5-7-18-14-29(25(30)22(16)18)21-13-27-24-23(21)28-20(12-26-24)17-8-10-19(11-9-17)33(31,32)15(2)3/h1,5-13,15H,14H2,2-3H3,(H,26,27). The maximum absolute atomic E-state index is 13.2. The van der Waals surface area contributed by atoms with Crippen molar-refractivity contribution in [3.05, 3.63) is 71.5 Å². The number of sulfone groups is 1. The molecule has 0 bridgehead atoms. The molecule has 0 saturated heterocycles. The molecule has 7 nitrogen and oxygen atoms in total. The molecular formula is C25H20N4O3S. The van der Waals surface area contributed by atoms with Crippen LogP contribution in [0.4, 0.5) is 5.69 Å². The van der Waals surface area contributed by atoms with Gasteiger partial charge in [0.2, 0.25) is 0 Å². The number of anilines is 1. The van der Waals surface area contributed by atoms with E-state index < -0.39 is 15.1 Å². The predicted molar refractivity (Wildman–Crippen MR) is 127 cm³/mol. The first-order valence-electron chi connectivity index (χ1n) is 10.4. The van der Waals surface area contributed by atoms with E-state index in [1.165, 1.54) is 0 Å². The Morgan fingerprint density at radius 2 is 1.91 bits per heavy atom. The molecule has 0 aliphatic carbocycles. The highest BCUT2D eigenvalue weighted by atomic mass is 32.2. The molecule has 0 saturated carbocycles. The van der Waals surface area contributed by atoms with Gasteiger partial charge < -0.3 is 9.88 Å². The van der Waals surface area contributed by atoms with Crippen LogP contribution in [0.1, 0.15) is 35.3 Å². The Morgan fingerprint density at radius 1 is 1.15 bits per heavy atom. The molecule has 2 aromatic heterocycles. The molecule has 0 unspecified atom stereocenters. The quantitative estimate of drug-likeness (QED) is 0.469. The molecule has 1 aliphatic rings. The van der Waals surface area contributed by atoms with Crippen LogP contribution in [0.15, 0.2) is 59.8 Å². The van der Waals surface area contributed by atoms with E-state index in [9.17, 15) is 13.2 Å².